The highest BCUT2D eigenvalue weighted by molar-refractivity contribution is 6.25. The summed E-state index contributed by atoms with van der Waals surface area (Å²) >= 11 is 0. The maximum atomic E-state index is 5.35. The number of aromatic nitrogens is 1. The maximum Gasteiger partial charge on any atom is 0.131 e. The van der Waals surface area contributed by atoms with E-state index in [-0.39, 0.29) is 12.3 Å². The number of nitrogens with zero attached hydrogens (tertiary/aromatic N) is 2. The summed E-state index contributed by atoms with van der Waals surface area (Å²) in [5.41, 5.74) is 12.8. The molecule has 0 spiro atoms. The molecule has 5 nitrogen and oxygen atoms in total. The third-order valence-electron chi connectivity index (χ3n) is 11.7. The van der Waals surface area contributed by atoms with Crippen LogP contribution < -0.4 is 16.0 Å². The Morgan fingerprint density at radius 1 is 0.492 bits per heavy atom. The minimum absolute atomic E-state index is 0.161. The SMILES string of the molecule is C1=C(C2=NC(c3ccccc3)NC(c3ccc(-c4ccccc4)cc3)N2)C=C(n2c3cc(-c4ccccc4)ccc3c3c4ccccc4c(-c4ccccc4)cc32)NC1. The van der Waals surface area contributed by atoms with Crippen LogP contribution in [0.3, 0.4) is 0 Å². The minimum atomic E-state index is -0.236. The third kappa shape index (κ3) is 6.38. The smallest absolute Gasteiger partial charge is 0.131 e. The lowest BCUT2D eigenvalue weighted by molar-refractivity contribution is 0.409. The second-order valence-electron chi connectivity index (χ2n) is 15.3. The second-order valence-corrected chi connectivity index (χ2v) is 15.3. The number of hydrogen-bond donors (Lipinski definition) is 3. The highest BCUT2D eigenvalue weighted by atomic mass is 15.3. The normalized spacial score (nSPS) is 16.6. The van der Waals surface area contributed by atoms with Gasteiger partial charge in [0.05, 0.1) is 11.0 Å². The number of benzene rings is 8. The molecule has 2 aliphatic heterocycles. The molecule has 0 saturated carbocycles. The van der Waals surface area contributed by atoms with Gasteiger partial charge in [-0.25, -0.2) is 4.99 Å². The van der Waals surface area contributed by atoms with Gasteiger partial charge in [-0.15, -0.1) is 0 Å². The van der Waals surface area contributed by atoms with Crippen molar-refractivity contribution < 1.29 is 0 Å². The monoisotopic (exact) mass is 759 g/mol. The zero-order valence-corrected chi connectivity index (χ0v) is 32.4. The molecule has 5 heteroatoms. The highest BCUT2D eigenvalue weighted by Crippen LogP contribution is 2.42. The summed E-state index contributed by atoms with van der Waals surface area (Å²) in [7, 11) is 0. The molecule has 282 valence electrons. The van der Waals surface area contributed by atoms with Crippen LogP contribution in [0.1, 0.15) is 23.5 Å². The molecule has 3 heterocycles. The number of fused-ring (bicyclic) bond motifs is 5. The van der Waals surface area contributed by atoms with Crippen molar-refractivity contribution in [2.24, 2.45) is 4.99 Å². The van der Waals surface area contributed by atoms with Gasteiger partial charge in [0.15, 0.2) is 0 Å². The molecule has 3 N–H and O–H groups in total. The zero-order valence-electron chi connectivity index (χ0n) is 32.4. The summed E-state index contributed by atoms with van der Waals surface area (Å²) in [6, 6.07) is 69.5. The number of dihydropyridines is 1. The predicted octanol–water partition coefficient (Wildman–Crippen LogP) is 12.3. The summed E-state index contributed by atoms with van der Waals surface area (Å²) in [5.74, 6) is 1.86. The Bertz CT molecular complexity index is 3070. The van der Waals surface area contributed by atoms with E-state index in [1.54, 1.807) is 0 Å². The molecule has 8 aromatic carbocycles. The van der Waals surface area contributed by atoms with E-state index in [1.165, 1.54) is 54.9 Å². The van der Waals surface area contributed by atoms with Crippen LogP contribution in [0.4, 0.5) is 0 Å². The van der Waals surface area contributed by atoms with Gasteiger partial charge in [-0.05, 0) is 73.5 Å². The van der Waals surface area contributed by atoms with Crippen LogP contribution in [0.5, 0.6) is 0 Å². The molecule has 0 fully saturated rings. The fourth-order valence-electron chi connectivity index (χ4n) is 8.82. The van der Waals surface area contributed by atoms with E-state index in [0.29, 0.717) is 6.54 Å². The third-order valence-corrected chi connectivity index (χ3v) is 11.7. The molecule has 2 atom stereocenters. The summed E-state index contributed by atoms with van der Waals surface area (Å²) in [6.07, 6.45) is 4.11. The minimum Gasteiger partial charge on any atom is -0.368 e. The van der Waals surface area contributed by atoms with E-state index in [0.717, 1.165) is 39.4 Å². The summed E-state index contributed by atoms with van der Waals surface area (Å²) in [6.45, 7) is 0.653. The van der Waals surface area contributed by atoms with E-state index < -0.39 is 0 Å². The molecule has 0 saturated heterocycles. The van der Waals surface area contributed by atoms with E-state index in [1.807, 2.05) is 0 Å². The van der Waals surface area contributed by atoms with Gasteiger partial charge in [-0.2, -0.15) is 0 Å². The first-order chi connectivity index (χ1) is 29.2. The van der Waals surface area contributed by atoms with Crippen LogP contribution in [0.2, 0.25) is 0 Å². The van der Waals surface area contributed by atoms with Crippen LogP contribution in [0.25, 0.3) is 71.8 Å². The molecule has 0 aliphatic carbocycles. The molecule has 0 amide bonds. The first kappa shape index (κ1) is 34.8. The van der Waals surface area contributed by atoms with Crippen LogP contribution in [-0.4, -0.2) is 16.9 Å². The van der Waals surface area contributed by atoms with Crippen molar-refractivity contribution in [1.29, 1.82) is 0 Å². The van der Waals surface area contributed by atoms with Gasteiger partial charge >= 0.3 is 0 Å². The average molecular weight is 760 g/mol. The lowest BCUT2D eigenvalue weighted by Gasteiger charge is -2.33. The molecule has 9 aromatic rings. The summed E-state index contributed by atoms with van der Waals surface area (Å²) < 4.78 is 2.43. The van der Waals surface area contributed by atoms with Gasteiger partial charge in [-0.3, -0.25) is 9.88 Å². The molecule has 0 radical (unpaired) electrons. The first-order valence-corrected chi connectivity index (χ1v) is 20.3. The van der Waals surface area contributed by atoms with Crippen molar-refractivity contribution in [3.63, 3.8) is 0 Å². The number of amidine groups is 1. The molecule has 2 aliphatic rings. The number of nitrogens with one attached hydrogen (secondary N) is 3. The lowest BCUT2D eigenvalue weighted by Crippen LogP contribution is -2.45. The summed E-state index contributed by atoms with van der Waals surface area (Å²) in [4.78, 5) is 5.35. The van der Waals surface area contributed by atoms with Gasteiger partial charge in [0.25, 0.3) is 0 Å². The topological polar surface area (TPSA) is 53.4 Å². The van der Waals surface area contributed by atoms with Crippen LogP contribution >= 0.6 is 0 Å². The lowest BCUT2D eigenvalue weighted by atomic mass is 9.94. The van der Waals surface area contributed by atoms with Gasteiger partial charge in [0.1, 0.15) is 24.0 Å². The maximum absolute atomic E-state index is 5.35. The first-order valence-electron chi connectivity index (χ1n) is 20.3. The molecular formula is C54H41N5. The van der Waals surface area contributed by atoms with Gasteiger partial charge in [0.2, 0.25) is 0 Å². The largest absolute Gasteiger partial charge is 0.368 e. The number of aliphatic imine (C=N–C) groups is 1. The van der Waals surface area contributed by atoms with Crippen molar-refractivity contribution in [3.8, 4) is 33.4 Å². The van der Waals surface area contributed by atoms with E-state index in [4.69, 9.17) is 4.99 Å². The summed E-state index contributed by atoms with van der Waals surface area (Å²) in [5, 5.41) is 16.3. The Balaban J connectivity index is 1.07. The quantitative estimate of drug-likeness (QED) is 0.152. The van der Waals surface area contributed by atoms with Gasteiger partial charge < -0.3 is 10.6 Å². The Morgan fingerprint density at radius 2 is 1.08 bits per heavy atom. The van der Waals surface area contributed by atoms with Crippen LogP contribution in [0.15, 0.2) is 217 Å². The van der Waals surface area contributed by atoms with Crippen LogP contribution in [-0.2, 0) is 0 Å². The average Bonchev–Trinajstić information content (AvgIpc) is 3.66. The number of hydrogen-bond acceptors (Lipinski definition) is 4. The fourth-order valence-corrected chi connectivity index (χ4v) is 8.82. The molecule has 2 unspecified atom stereocenters. The van der Waals surface area contributed by atoms with E-state index in [2.05, 4.69) is 227 Å². The van der Waals surface area contributed by atoms with Crippen molar-refractivity contribution >= 4 is 44.2 Å². The standard InChI is InChI=1S/C54H41N5/c1-5-15-36(16-6-1)38-25-27-41(28-26-38)53-56-52(40-21-11-4-12-22-40)57-54(58-53)43-31-32-55-50(34-43)59-48-33-42(37-17-7-2-8-18-37)29-30-46(48)51-45-24-14-13-23-44(45)47(35-49(51)59)39-19-9-3-10-20-39/h1-31,33-35,52-53,55-56H,32H2,(H,57,58). The molecular weight excluding hydrogens is 719 g/mol. The number of rotatable bonds is 7. The molecule has 59 heavy (non-hydrogen) atoms. The zero-order chi connectivity index (χ0) is 39.1. The van der Waals surface area contributed by atoms with Crippen molar-refractivity contribution in [2.45, 2.75) is 12.3 Å². The Hall–Kier alpha value is -7.47. The van der Waals surface area contributed by atoms with E-state index >= 15 is 0 Å². The Labute approximate surface area is 343 Å². The molecule has 1 aromatic heterocycles. The van der Waals surface area contributed by atoms with Crippen molar-refractivity contribution in [1.82, 2.24) is 20.5 Å². The fraction of sp³-hybridized carbons (Fsp3) is 0.0556. The Kier molecular flexibility index (Phi) is 8.72. The van der Waals surface area contributed by atoms with Gasteiger partial charge in [-0.1, -0.05) is 188 Å². The predicted molar refractivity (Wildman–Crippen MR) is 246 cm³/mol. The Morgan fingerprint density at radius 3 is 1.80 bits per heavy atom. The highest BCUT2D eigenvalue weighted by Gasteiger charge is 2.28. The van der Waals surface area contributed by atoms with Crippen molar-refractivity contribution in [3.05, 3.63) is 223 Å². The van der Waals surface area contributed by atoms with Gasteiger partial charge in [0, 0.05) is 22.9 Å². The van der Waals surface area contributed by atoms with Crippen molar-refractivity contribution in [2.75, 3.05) is 6.54 Å². The second kappa shape index (κ2) is 14.8. The van der Waals surface area contributed by atoms with Crippen LogP contribution in [0, 0.1) is 0 Å². The van der Waals surface area contributed by atoms with E-state index in [9.17, 15) is 0 Å². The molecule has 0 bridgehead atoms. The molecule has 11 rings (SSSR count).